The Labute approximate surface area is 147 Å². The van der Waals surface area contributed by atoms with Gasteiger partial charge in [0.15, 0.2) is 5.65 Å². The molecule has 2 amide bonds. The number of pyridine rings is 1. The minimum Gasteiger partial charge on any atom is -0.449 e. The molecule has 0 fully saturated rings. The number of amides is 2. The maximum atomic E-state index is 12.4. The fraction of sp³-hybridized carbons (Fsp3) is 0.250. The second-order valence-electron chi connectivity index (χ2n) is 5.23. The SMILES string of the molecule is CCOC(=O)NNC(=O)c1cc(C)nc2c1cnn2Cc1cccs1. The summed E-state index contributed by atoms with van der Waals surface area (Å²) < 4.78 is 6.46. The van der Waals surface area contributed by atoms with Gasteiger partial charge in [0, 0.05) is 10.6 Å². The first-order valence-corrected chi connectivity index (χ1v) is 8.55. The fourth-order valence-corrected chi connectivity index (χ4v) is 3.05. The molecule has 0 bridgehead atoms. The summed E-state index contributed by atoms with van der Waals surface area (Å²) in [7, 11) is 0. The molecule has 3 aromatic heterocycles. The quantitative estimate of drug-likeness (QED) is 0.696. The molecule has 0 unspecified atom stereocenters. The summed E-state index contributed by atoms with van der Waals surface area (Å²) in [5.74, 6) is -0.459. The van der Waals surface area contributed by atoms with Gasteiger partial charge in [-0.3, -0.25) is 10.2 Å². The van der Waals surface area contributed by atoms with Gasteiger partial charge in [-0.05, 0) is 31.4 Å². The number of nitrogens with one attached hydrogen (secondary N) is 2. The van der Waals surface area contributed by atoms with Gasteiger partial charge in [0.25, 0.3) is 5.91 Å². The first-order valence-electron chi connectivity index (χ1n) is 7.67. The number of thiophene rings is 1. The minimum absolute atomic E-state index is 0.218. The highest BCUT2D eigenvalue weighted by molar-refractivity contribution is 7.09. The highest BCUT2D eigenvalue weighted by Gasteiger charge is 2.16. The van der Waals surface area contributed by atoms with Gasteiger partial charge in [-0.2, -0.15) is 5.10 Å². The fourth-order valence-electron chi connectivity index (χ4n) is 2.37. The Morgan fingerprint density at radius 2 is 2.20 bits per heavy atom. The molecule has 3 heterocycles. The second kappa shape index (κ2) is 7.31. The number of fused-ring (bicyclic) bond motifs is 1. The van der Waals surface area contributed by atoms with E-state index in [4.69, 9.17) is 4.74 Å². The van der Waals surface area contributed by atoms with Crippen molar-refractivity contribution in [1.82, 2.24) is 25.6 Å². The van der Waals surface area contributed by atoms with Gasteiger partial charge in [0.2, 0.25) is 0 Å². The third-order valence-corrected chi connectivity index (χ3v) is 4.28. The van der Waals surface area contributed by atoms with Crippen molar-refractivity contribution in [2.75, 3.05) is 6.61 Å². The molecule has 0 saturated heterocycles. The van der Waals surface area contributed by atoms with Crippen molar-refractivity contribution in [3.8, 4) is 0 Å². The van der Waals surface area contributed by atoms with Crippen LogP contribution in [0.25, 0.3) is 11.0 Å². The van der Waals surface area contributed by atoms with Gasteiger partial charge >= 0.3 is 6.09 Å². The molecule has 0 aliphatic carbocycles. The van der Waals surface area contributed by atoms with Crippen LogP contribution in [0.5, 0.6) is 0 Å². The number of hydrogen-bond acceptors (Lipinski definition) is 6. The lowest BCUT2D eigenvalue weighted by molar-refractivity contribution is 0.0914. The standard InChI is InChI=1S/C16H17N5O3S/c1-3-24-16(23)20-19-15(22)12-7-10(2)18-14-13(12)8-17-21(14)9-11-5-4-6-25-11/h4-8H,3,9H2,1-2H3,(H,19,22)(H,20,23). The lowest BCUT2D eigenvalue weighted by Gasteiger charge is -2.09. The van der Waals surface area contributed by atoms with Gasteiger partial charge in [-0.15, -0.1) is 11.3 Å². The Kier molecular flexibility index (Phi) is 4.94. The molecule has 0 spiro atoms. The minimum atomic E-state index is -0.716. The van der Waals surface area contributed by atoms with Crippen LogP contribution in [0.2, 0.25) is 0 Å². The number of nitrogens with zero attached hydrogens (tertiary/aromatic N) is 3. The van der Waals surface area contributed by atoms with Crippen molar-refractivity contribution in [3.05, 3.63) is 45.9 Å². The second-order valence-corrected chi connectivity index (χ2v) is 6.26. The number of rotatable bonds is 4. The molecule has 9 heteroatoms. The summed E-state index contributed by atoms with van der Waals surface area (Å²) >= 11 is 1.63. The number of carbonyl (C=O) groups is 2. The molecule has 2 N–H and O–H groups in total. The van der Waals surface area contributed by atoms with Crippen LogP contribution < -0.4 is 10.9 Å². The van der Waals surface area contributed by atoms with Crippen molar-refractivity contribution in [3.63, 3.8) is 0 Å². The molecule has 0 saturated carbocycles. The van der Waals surface area contributed by atoms with Crippen molar-refractivity contribution in [2.24, 2.45) is 0 Å². The summed E-state index contributed by atoms with van der Waals surface area (Å²) in [5, 5.41) is 6.96. The topological polar surface area (TPSA) is 98.1 Å². The Balaban J connectivity index is 1.87. The van der Waals surface area contributed by atoms with E-state index in [9.17, 15) is 9.59 Å². The third kappa shape index (κ3) is 3.77. The van der Waals surface area contributed by atoms with E-state index in [0.717, 1.165) is 4.88 Å². The third-order valence-electron chi connectivity index (χ3n) is 3.42. The van der Waals surface area contributed by atoms with E-state index >= 15 is 0 Å². The van der Waals surface area contributed by atoms with Crippen LogP contribution in [-0.2, 0) is 11.3 Å². The van der Waals surface area contributed by atoms with Crippen LogP contribution in [0.1, 0.15) is 27.9 Å². The Morgan fingerprint density at radius 3 is 2.92 bits per heavy atom. The van der Waals surface area contributed by atoms with Crippen LogP contribution in [0.15, 0.2) is 29.8 Å². The first kappa shape index (κ1) is 16.9. The zero-order valence-electron chi connectivity index (χ0n) is 13.8. The van der Waals surface area contributed by atoms with Crippen LogP contribution in [0.4, 0.5) is 4.79 Å². The number of carbonyl (C=O) groups excluding carboxylic acids is 2. The lowest BCUT2D eigenvalue weighted by Crippen LogP contribution is -2.42. The van der Waals surface area contributed by atoms with Crippen molar-refractivity contribution in [1.29, 1.82) is 0 Å². The van der Waals surface area contributed by atoms with Crippen LogP contribution >= 0.6 is 11.3 Å². The number of hydrogen-bond donors (Lipinski definition) is 2. The van der Waals surface area contributed by atoms with Crippen LogP contribution in [-0.4, -0.2) is 33.4 Å². The Hall–Kier alpha value is -2.94. The van der Waals surface area contributed by atoms with Gasteiger partial charge < -0.3 is 4.74 Å². The normalized spacial score (nSPS) is 10.6. The highest BCUT2D eigenvalue weighted by Crippen LogP contribution is 2.20. The van der Waals surface area contributed by atoms with E-state index in [-0.39, 0.29) is 6.61 Å². The first-order chi connectivity index (χ1) is 12.1. The van der Waals surface area contributed by atoms with Gasteiger partial charge in [-0.1, -0.05) is 6.07 Å². The Bertz CT molecular complexity index is 904. The number of aryl methyl sites for hydroxylation is 1. The average Bonchev–Trinajstić information content (AvgIpc) is 3.23. The van der Waals surface area contributed by atoms with E-state index < -0.39 is 12.0 Å². The summed E-state index contributed by atoms with van der Waals surface area (Å²) in [6, 6.07) is 5.65. The van der Waals surface area contributed by atoms with E-state index in [1.165, 1.54) is 0 Å². The largest absolute Gasteiger partial charge is 0.449 e. The van der Waals surface area contributed by atoms with E-state index in [0.29, 0.717) is 28.8 Å². The maximum Gasteiger partial charge on any atom is 0.426 e. The Morgan fingerprint density at radius 1 is 1.36 bits per heavy atom. The van der Waals surface area contributed by atoms with Gasteiger partial charge in [-0.25, -0.2) is 19.9 Å². The molecule has 130 valence electrons. The number of hydrazine groups is 1. The average molecular weight is 359 g/mol. The van der Waals surface area contributed by atoms with E-state index in [1.54, 1.807) is 42.1 Å². The molecule has 3 rings (SSSR count). The van der Waals surface area contributed by atoms with Crippen molar-refractivity contribution in [2.45, 2.75) is 20.4 Å². The van der Waals surface area contributed by atoms with Crippen LogP contribution in [0, 0.1) is 6.92 Å². The monoisotopic (exact) mass is 359 g/mol. The molecule has 0 aliphatic rings. The van der Waals surface area contributed by atoms with Gasteiger partial charge in [0.05, 0.1) is 30.3 Å². The lowest BCUT2D eigenvalue weighted by atomic mass is 10.1. The van der Waals surface area contributed by atoms with Crippen molar-refractivity contribution >= 4 is 34.4 Å². The summed E-state index contributed by atoms with van der Waals surface area (Å²) in [6.45, 7) is 4.28. The number of ether oxygens (including phenoxy) is 1. The highest BCUT2D eigenvalue weighted by atomic mass is 32.1. The summed E-state index contributed by atoms with van der Waals surface area (Å²) in [5.41, 5.74) is 6.22. The smallest absolute Gasteiger partial charge is 0.426 e. The van der Waals surface area contributed by atoms with Gasteiger partial charge in [0.1, 0.15) is 0 Å². The number of aromatic nitrogens is 3. The molecule has 3 aromatic rings. The summed E-state index contributed by atoms with van der Waals surface area (Å²) in [6.07, 6.45) is 0.889. The molecule has 25 heavy (non-hydrogen) atoms. The molecular formula is C16H17N5O3S. The van der Waals surface area contributed by atoms with E-state index in [2.05, 4.69) is 20.9 Å². The zero-order valence-corrected chi connectivity index (χ0v) is 14.6. The molecule has 0 radical (unpaired) electrons. The predicted molar refractivity (Wildman–Crippen MR) is 93.3 cm³/mol. The summed E-state index contributed by atoms with van der Waals surface area (Å²) in [4.78, 5) is 29.4. The molecule has 0 aromatic carbocycles. The van der Waals surface area contributed by atoms with Crippen molar-refractivity contribution < 1.29 is 14.3 Å². The predicted octanol–water partition coefficient (Wildman–Crippen LogP) is 2.24. The van der Waals surface area contributed by atoms with Crippen LogP contribution in [0.3, 0.4) is 0 Å². The molecule has 8 nitrogen and oxygen atoms in total. The van der Waals surface area contributed by atoms with E-state index in [1.807, 2.05) is 17.5 Å². The molecule has 0 atom stereocenters. The zero-order chi connectivity index (χ0) is 17.8. The molecular weight excluding hydrogens is 342 g/mol. The molecule has 0 aliphatic heterocycles. The maximum absolute atomic E-state index is 12.4.